The van der Waals surface area contributed by atoms with Crippen molar-refractivity contribution in [1.82, 2.24) is 14.5 Å². The van der Waals surface area contributed by atoms with Gasteiger partial charge in [-0.3, -0.25) is 9.98 Å². The fraction of sp³-hybridized carbons (Fsp3) is 0.281. The van der Waals surface area contributed by atoms with Gasteiger partial charge in [0.05, 0.1) is 57.0 Å². The number of halogens is 4. The highest BCUT2D eigenvalue weighted by Crippen LogP contribution is 2.33. The summed E-state index contributed by atoms with van der Waals surface area (Å²) in [6, 6.07) is 17.4. The van der Waals surface area contributed by atoms with Crippen molar-refractivity contribution in [3.05, 3.63) is 89.8 Å². The molecule has 222 valence electrons. The Hall–Kier alpha value is -4.51. The van der Waals surface area contributed by atoms with Gasteiger partial charge in [0.1, 0.15) is 11.6 Å². The summed E-state index contributed by atoms with van der Waals surface area (Å²) in [4.78, 5) is 14.3. The number of aryl methyl sites for hydroxylation is 1. The molecule has 0 atom stereocenters. The lowest BCUT2D eigenvalue weighted by Crippen LogP contribution is -2.25. The van der Waals surface area contributed by atoms with Crippen molar-refractivity contribution < 1.29 is 27.0 Å². The van der Waals surface area contributed by atoms with Gasteiger partial charge in [-0.2, -0.15) is 0 Å². The van der Waals surface area contributed by atoms with Crippen LogP contribution in [0.3, 0.4) is 0 Å². The number of hydrogen-bond donors (Lipinski definition) is 1. The molecule has 0 saturated heterocycles. The number of aromatic nitrogens is 3. The van der Waals surface area contributed by atoms with Gasteiger partial charge in [0, 0.05) is 25.1 Å². The molecule has 0 spiro atoms. The zero-order valence-electron chi connectivity index (χ0n) is 23.5. The van der Waals surface area contributed by atoms with Crippen LogP contribution < -0.4 is 15.4 Å². The van der Waals surface area contributed by atoms with Crippen LogP contribution in [-0.4, -0.2) is 40.2 Å². The van der Waals surface area contributed by atoms with Crippen LogP contribution in [0.15, 0.2) is 77.9 Å². The van der Waals surface area contributed by atoms with Gasteiger partial charge in [-0.05, 0) is 93.3 Å². The Labute approximate surface area is 245 Å². The number of methoxy groups -OCH3 is 1. The third-order valence-corrected chi connectivity index (χ3v) is 7.66. The molecule has 2 aromatic carbocycles. The predicted molar refractivity (Wildman–Crippen MR) is 155 cm³/mol. The number of fused-ring (bicyclic) bond motifs is 2. The molecule has 3 aromatic rings. The molecule has 0 bridgehead atoms. The minimum Gasteiger partial charge on any atom is -0.406 e. The van der Waals surface area contributed by atoms with Gasteiger partial charge in [-0.25, -0.2) is 9.37 Å². The van der Waals surface area contributed by atoms with E-state index in [1.807, 2.05) is 35.8 Å². The van der Waals surface area contributed by atoms with Gasteiger partial charge in [0.15, 0.2) is 0 Å². The molecule has 2 heterocycles. The fourth-order valence-electron chi connectivity index (χ4n) is 5.52. The van der Waals surface area contributed by atoms with E-state index in [1.165, 1.54) is 36.4 Å². The Morgan fingerprint density at radius 2 is 1.72 bits per heavy atom. The lowest BCUT2D eigenvalue weighted by atomic mass is 9.93. The van der Waals surface area contributed by atoms with Gasteiger partial charge < -0.3 is 19.4 Å². The number of nitrogens with zero attached hydrogens (tertiary/aromatic N) is 4. The largest absolute Gasteiger partial charge is 0.573 e. The van der Waals surface area contributed by atoms with Gasteiger partial charge >= 0.3 is 6.36 Å². The smallest absolute Gasteiger partial charge is 0.406 e. The van der Waals surface area contributed by atoms with Crippen LogP contribution in [0, 0.1) is 12.7 Å². The number of hydrogen-bond acceptors (Lipinski definition) is 6. The van der Waals surface area contributed by atoms with Crippen LogP contribution in [0.5, 0.6) is 5.75 Å². The Bertz CT molecular complexity index is 1800. The second kappa shape index (κ2) is 11.6. The van der Waals surface area contributed by atoms with Gasteiger partial charge in [0.25, 0.3) is 0 Å². The SMILES string of the molecule is COC1CCC(N=c2cc3n(-c4ccc(OC(F)(F)F)cc4)c4ccc(F)cc4nc-3cc2Nc2cccnc2C)CC1. The maximum absolute atomic E-state index is 14.4. The minimum atomic E-state index is -4.81. The summed E-state index contributed by atoms with van der Waals surface area (Å²) in [5.41, 5.74) is 5.03. The maximum atomic E-state index is 14.4. The van der Waals surface area contributed by atoms with Gasteiger partial charge in [0.2, 0.25) is 0 Å². The fourth-order valence-corrected chi connectivity index (χ4v) is 5.52. The summed E-state index contributed by atoms with van der Waals surface area (Å²) in [5.74, 6) is -0.798. The summed E-state index contributed by atoms with van der Waals surface area (Å²) in [5, 5.41) is 4.16. The number of nitrogens with one attached hydrogen (secondary N) is 1. The second-order valence-electron chi connectivity index (χ2n) is 10.5. The van der Waals surface area contributed by atoms with Crippen molar-refractivity contribution in [3.63, 3.8) is 0 Å². The molecule has 43 heavy (non-hydrogen) atoms. The molecule has 0 unspecified atom stereocenters. The van der Waals surface area contributed by atoms with Crippen molar-refractivity contribution in [2.75, 3.05) is 12.4 Å². The third kappa shape index (κ3) is 6.31. The Morgan fingerprint density at radius 1 is 0.953 bits per heavy atom. The first-order valence-corrected chi connectivity index (χ1v) is 13.9. The molecule has 11 heteroatoms. The van der Waals surface area contributed by atoms with Gasteiger partial charge in [-0.15, -0.1) is 13.2 Å². The first-order chi connectivity index (χ1) is 20.7. The summed E-state index contributed by atoms with van der Waals surface area (Å²) in [6.45, 7) is 1.90. The van der Waals surface area contributed by atoms with E-state index in [9.17, 15) is 17.6 Å². The lowest BCUT2D eigenvalue weighted by Gasteiger charge is -2.25. The first-order valence-electron chi connectivity index (χ1n) is 13.9. The number of alkyl halides is 3. The quantitative estimate of drug-likeness (QED) is 0.164. The third-order valence-electron chi connectivity index (χ3n) is 7.66. The molecule has 1 saturated carbocycles. The Kier molecular flexibility index (Phi) is 7.74. The molecular formula is C32H29F4N5O2. The molecule has 6 rings (SSSR count). The number of benzene rings is 3. The van der Waals surface area contributed by atoms with Crippen LogP contribution in [0.4, 0.5) is 28.9 Å². The molecule has 0 amide bonds. The molecule has 1 aliphatic heterocycles. The van der Waals surface area contributed by atoms with E-state index < -0.39 is 12.2 Å². The molecular weight excluding hydrogens is 562 g/mol. The zero-order valence-corrected chi connectivity index (χ0v) is 23.5. The van der Waals surface area contributed by atoms with E-state index in [-0.39, 0.29) is 17.9 Å². The molecule has 2 aliphatic carbocycles. The molecule has 7 nitrogen and oxygen atoms in total. The van der Waals surface area contributed by atoms with Crippen molar-refractivity contribution in [1.29, 1.82) is 0 Å². The maximum Gasteiger partial charge on any atom is 0.573 e. The highest BCUT2D eigenvalue weighted by Gasteiger charge is 2.31. The highest BCUT2D eigenvalue weighted by atomic mass is 19.4. The number of anilines is 2. The molecule has 0 radical (unpaired) electrons. The van der Waals surface area contributed by atoms with Gasteiger partial charge in [-0.1, -0.05) is 0 Å². The van der Waals surface area contributed by atoms with Crippen LogP contribution >= 0.6 is 0 Å². The topological polar surface area (TPSA) is 73.6 Å². The monoisotopic (exact) mass is 591 g/mol. The predicted octanol–water partition coefficient (Wildman–Crippen LogP) is 7.47. The number of rotatable bonds is 6. The van der Waals surface area contributed by atoms with Crippen LogP contribution in [0.1, 0.15) is 31.4 Å². The van der Waals surface area contributed by atoms with E-state index in [0.29, 0.717) is 39.2 Å². The van der Waals surface area contributed by atoms with Crippen LogP contribution in [0.25, 0.3) is 28.1 Å². The zero-order chi connectivity index (χ0) is 30.1. The van der Waals surface area contributed by atoms with E-state index >= 15 is 0 Å². The van der Waals surface area contributed by atoms with E-state index in [0.717, 1.165) is 37.1 Å². The molecule has 1 aromatic heterocycles. The second-order valence-corrected chi connectivity index (χ2v) is 10.5. The highest BCUT2D eigenvalue weighted by molar-refractivity contribution is 5.84. The first kappa shape index (κ1) is 28.6. The van der Waals surface area contributed by atoms with Crippen molar-refractivity contribution in [2.45, 2.75) is 51.1 Å². The van der Waals surface area contributed by atoms with Crippen molar-refractivity contribution >= 4 is 22.4 Å². The van der Waals surface area contributed by atoms with E-state index in [1.54, 1.807) is 19.4 Å². The number of pyridine rings is 1. The van der Waals surface area contributed by atoms with Crippen molar-refractivity contribution in [2.24, 2.45) is 4.99 Å². The molecule has 3 aliphatic rings. The Balaban J connectivity index is 1.56. The van der Waals surface area contributed by atoms with Crippen LogP contribution in [0.2, 0.25) is 0 Å². The lowest BCUT2D eigenvalue weighted by molar-refractivity contribution is -0.274. The Morgan fingerprint density at radius 3 is 2.42 bits per heavy atom. The minimum absolute atomic E-state index is 0.0779. The molecule has 1 N–H and O–H groups in total. The average Bonchev–Trinajstić information content (AvgIpc) is 2.97. The molecule has 1 fully saturated rings. The van der Waals surface area contributed by atoms with Crippen LogP contribution in [-0.2, 0) is 4.74 Å². The normalized spacial score (nSPS) is 17.9. The van der Waals surface area contributed by atoms with Crippen molar-refractivity contribution in [3.8, 4) is 22.8 Å². The van der Waals surface area contributed by atoms with E-state index in [2.05, 4.69) is 15.0 Å². The standard InChI is InChI=1S/C32H29F4N5O2/c1-19-25(4-3-15-37-19)39-26-17-29-31(18-27(26)38-21-6-10-23(42-2)11-7-21)41(30-14-5-20(33)16-28(30)40-29)22-8-12-24(13-9-22)43-32(34,35)36/h3-5,8-9,12-18,21,23,39H,6-7,10-11H2,1-2H3. The number of ether oxygens (including phenoxy) is 2. The summed E-state index contributed by atoms with van der Waals surface area (Å²) in [7, 11) is 1.73. The summed E-state index contributed by atoms with van der Waals surface area (Å²) in [6.07, 6.45) is 0.698. The summed E-state index contributed by atoms with van der Waals surface area (Å²) >= 11 is 0. The summed E-state index contributed by atoms with van der Waals surface area (Å²) < 4.78 is 64.3. The van der Waals surface area contributed by atoms with E-state index in [4.69, 9.17) is 14.7 Å². The average molecular weight is 592 g/mol.